The predicted octanol–water partition coefficient (Wildman–Crippen LogP) is 3.37. The maximum atomic E-state index is 11.9. The Bertz CT molecular complexity index is 709. The quantitative estimate of drug-likeness (QED) is 0.735. The average molecular weight is 338 g/mol. The first-order valence-electron chi connectivity index (χ1n) is 8.16. The molecule has 0 fully saturated rings. The standard InChI is InChI=1S/C20H22N2O3/c21-19(23)14-15-25-18-12-10-17(11-13-18)22-20(24)9-5-4-8-16-6-2-1-3-7-16/h1-4,6-8,10-13H,5,9,14-15H2,(H2,21,23)(H,22,24). The zero-order valence-corrected chi connectivity index (χ0v) is 14.0. The number of nitrogens with two attached hydrogens (primary N) is 1. The van der Waals surface area contributed by atoms with E-state index in [0.29, 0.717) is 24.3 Å². The van der Waals surface area contributed by atoms with Gasteiger partial charge in [0.2, 0.25) is 11.8 Å². The molecule has 0 atom stereocenters. The number of allylic oxidation sites excluding steroid dienone is 1. The van der Waals surface area contributed by atoms with Crippen molar-refractivity contribution in [1.82, 2.24) is 0 Å². The number of anilines is 1. The SMILES string of the molecule is NC(=O)CCOc1ccc(NC(=O)CCC=Cc2ccccc2)cc1. The van der Waals surface area contributed by atoms with Crippen molar-refractivity contribution in [3.63, 3.8) is 0 Å². The maximum absolute atomic E-state index is 11.9. The van der Waals surface area contributed by atoms with Gasteiger partial charge >= 0.3 is 0 Å². The Morgan fingerprint density at radius 1 is 1.00 bits per heavy atom. The van der Waals surface area contributed by atoms with Gasteiger partial charge in [0.25, 0.3) is 0 Å². The Morgan fingerprint density at radius 2 is 1.72 bits per heavy atom. The lowest BCUT2D eigenvalue weighted by molar-refractivity contribution is -0.118. The molecule has 0 aromatic heterocycles. The molecule has 2 aromatic carbocycles. The van der Waals surface area contributed by atoms with E-state index in [4.69, 9.17) is 10.5 Å². The second-order valence-electron chi connectivity index (χ2n) is 5.49. The fraction of sp³-hybridized carbons (Fsp3) is 0.200. The van der Waals surface area contributed by atoms with Crippen LogP contribution >= 0.6 is 0 Å². The minimum atomic E-state index is -0.398. The van der Waals surface area contributed by atoms with Crippen molar-refractivity contribution in [2.45, 2.75) is 19.3 Å². The highest BCUT2D eigenvalue weighted by atomic mass is 16.5. The second kappa shape index (κ2) is 9.93. The lowest BCUT2D eigenvalue weighted by Gasteiger charge is -2.07. The van der Waals surface area contributed by atoms with Crippen LogP contribution in [0.15, 0.2) is 60.7 Å². The minimum absolute atomic E-state index is 0.0416. The normalized spacial score (nSPS) is 10.6. The molecule has 5 heteroatoms. The number of nitrogens with one attached hydrogen (secondary N) is 1. The van der Waals surface area contributed by atoms with E-state index in [1.807, 2.05) is 42.5 Å². The molecule has 130 valence electrons. The highest BCUT2D eigenvalue weighted by molar-refractivity contribution is 5.90. The molecule has 0 radical (unpaired) electrons. The van der Waals surface area contributed by atoms with E-state index in [2.05, 4.69) is 5.32 Å². The zero-order valence-electron chi connectivity index (χ0n) is 14.0. The van der Waals surface area contributed by atoms with Gasteiger partial charge in [-0.2, -0.15) is 0 Å². The summed E-state index contributed by atoms with van der Waals surface area (Å²) in [6.45, 7) is 0.245. The number of ether oxygens (including phenoxy) is 1. The number of amides is 2. The van der Waals surface area contributed by atoms with Crippen molar-refractivity contribution < 1.29 is 14.3 Å². The van der Waals surface area contributed by atoms with Crippen LogP contribution in [0.1, 0.15) is 24.8 Å². The molecule has 0 heterocycles. The summed E-state index contributed by atoms with van der Waals surface area (Å²) < 4.78 is 5.38. The van der Waals surface area contributed by atoms with Crippen molar-refractivity contribution in [2.75, 3.05) is 11.9 Å². The summed E-state index contributed by atoms with van der Waals surface area (Å²) in [5.74, 6) is 0.190. The van der Waals surface area contributed by atoms with Crippen LogP contribution in [0.3, 0.4) is 0 Å². The first kappa shape index (κ1) is 18.3. The van der Waals surface area contributed by atoms with Crippen molar-refractivity contribution in [1.29, 1.82) is 0 Å². The summed E-state index contributed by atoms with van der Waals surface area (Å²) in [5.41, 5.74) is 6.88. The van der Waals surface area contributed by atoms with Gasteiger partial charge < -0.3 is 15.8 Å². The first-order chi connectivity index (χ1) is 12.1. The Balaban J connectivity index is 1.71. The van der Waals surface area contributed by atoms with Crippen molar-refractivity contribution >= 4 is 23.6 Å². The van der Waals surface area contributed by atoms with E-state index in [1.54, 1.807) is 24.3 Å². The fourth-order valence-corrected chi connectivity index (χ4v) is 2.13. The molecule has 25 heavy (non-hydrogen) atoms. The van der Waals surface area contributed by atoms with Gasteiger partial charge in [0.05, 0.1) is 13.0 Å². The highest BCUT2D eigenvalue weighted by Crippen LogP contribution is 2.16. The van der Waals surface area contributed by atoms with Gasteiger partial charge in [-0.25, -0.2) is 0 Å². The summed E-state index contributed by atoms with van der Waals surface area (Å²) in [4.78, 5) is 22.6. The monoisotopic (exact) mass is 338 g/mol. The molecule has 2 amide bonds. The summed E-state index contributed by atoms with van der Waals surface area (Å²) in [6, 6.07) is 17.0. The topological polar surface area (TPSA) is 81.4 Å². The fourth-order valence-electron chi connectivity index (χ4n) is 2.13. The maximum Gasteiger partial charge on any atom is 0.224 e. The Labute approximate surface area is 147 Å². The highest BCUT2D eigenvalue weighted by Gasteiger charge is 2.02. The summed E-state index contributed by atoms with van der Waals surface area (Å²) in [6.07, 6.45) is 5.26. The Morgan fingerprint density at radius 3 is 2.40 bits per heavy atom. The molecule has 0 unspecified atom stereocenters. The van der Waals surface area contributed by atoms with Crippen molar-refractivity contribution in [2.24, 2.45) is 5.73 Å². The molecule has 3 N–H and O–H groups in total. The van der Waals surface area contributed by atoms with Gasteiger partial charge in [-0.15, -0.1) is 0 Å². The van der Waals surface area contributed by atoms with E-state index in [1.165, 1.54) is 0 Å². The van der Waals surface area contributed by atoms with Crippen molar-refractivity contribution in [3.8, 4) is 5.75 Å². The van der Waals surface area contributed by atoms with Gasteiger partial charge in [0.15, 0.2) is 0 Å². The van der Waals surface area contributed by atoms with E-state index in [9.17, 15) is 9.59 Å². The van der Waals surface area contributed by atoms with Gasteiger partial charge in [0, 0.05) is 12.1 Å². The average Bonchev–Trinajstić information content (AvgIpc) is 2.61. The van der Waals surface area contributed by atoms with Gasteiger partial charge in [-0.1, -0.05) is 42.5 Å². The molecule has 2 rings (SSSR count). The summed E-state index contributed by atoms with van der Waals surface area (Å²) in [5, 5.41) is 2.84. The van der Waals surface area contributed by atoms with E-state index < -0.39 is 5.91 Å². The number of hydrogen-bond acceptors (Lipinski definition) is 3. The molecule has 5 nitrogen and oxygen atoms in total. The van der Waals surface area contributed by atoms with Gasteiger partial charge in [-0.05, 0) is 36.2 Å². The molecule has 2 aromatic rings. The molecule has 0 saturated carbocycles. The van der Waals surface area contributed by atoms with Crippen LogP contribution in [0.5, 0.6) is 5.75 Å². The molecule has 0 saturated heterocycles. The Kier molecular flexibility index (Phi) is 7.25. The smallest absolute Gasteiger partial charge is 0.224 e. The lowest BCUT2D eigenvalue weighted by atomic mass is 10.2. The van der Waals surface area contributed by atoms with Crippen LogP contribution < -0.4 is 15.8 Å². The first-order valence-corrected chi connectivity index (χ1v) is 8.16. The third kappa shape index (κ3) is 7.35. The molecular formula is C20H22N2O3. The lowest BCUT2D eigenvalue weighted by Crippen LogP contribution is -2.14. The summed E-state index contributed by atoms with van der Waals surface area (Å²) >= 11 is 0. The van der Waals surface area contributed by atoms with Crippen LogP contribution in [-0.2, 0) is 9.59 Å². The van der Waals surface area contributed by atoms with Gasteiger partial charge in [0.1, 0.15) is 5.75 Å². The summed E-state index contributed by atoms with van der Waals surface area (Å²) in [7, 11) is 0. The second-order valence-corrected chi connectivity index (χ2v) is 5.49. The molecule has 0 aliphatic carbocycles. The number of hydrogen-bond donors (Lipinski definition) is 2. The minimum Gasteiger partial charge on any atom is -0.493 e. The Hall–Kier alpha value is -3.08. The van der Waals surface area contributed by atoms with Crippen LogP contribution in [0.25, 0.3) is 6.08 Å². The van der Waals surface area contributed by atoms with Crippen LogP contribution in [0.2, 0.25) is 0 Å². The third-order valence-corrected chi connectivity index (χ3v) is 3.40. The molecular weight excluding hydrogens is 316 g/mol. The third-order valence-electron chi connectivity index (χ3n) is 3.40. The number of carbonyl (C=O) groups is 2. The molecule has 0 aliphatic heterocycles. The zero-order chi connectivity index (χ0) is 17.9. The van der Waals surface area contributed by atoms with E-state index in [0.717, 1.165) is 5.56 Å². The van der Waals surface area contributed by atoms with E-state index in [-0.39, 0.29) is 18.9 Å². The van der Waals surface area contributed by atoms with Crippen molar-refractivity contribution in [3.05, 3.63) is 66.2 Å². The number of primary amides is 1. The van der Waals surface area contributed by atoms with Crippen LogP contribution in [0.4, 0.5) is 5.69 Å². The van der Waals surface area contributed by atoms with Crippen LogP contribution in [-0.4, -0.2) is 18.4 Å². The molecule has 0 bridgehead atoms. The van der Waals surface area contributed by atoms with Gasteiger partial charge in [-0.3, -0.25) is 9.59 Å². The predicted molar refractivity (Wildman–Crippen MR) is 99.1 cm³/mol. The molecule has 0 aliphatic rings. The number of carbonyl (C=O) groups excluding carboxylic acids is 2. The number of benzene rings is 2. The molecule has 0 spiro atoms. The van der Waals surface area contributed by atoms with E-state index >= 15 is 0 Å². The number of rotatable bonds is 9. The van der Waals surface area contributed by atoms with Crippen LogP contribution in [0, 0.1) is 0 Å². The largest absolute Gasteiger partial charge is 0.493 e.